The van der Waals surface area contributed by atoms with Gasteiger partial charge in [0.2, 0.25) is 0 Å². The molecule has 82 valence electrons. The standard InChI is InChI=1S/C12H9F2NO/c13-9-4-3-8(6-10(9)14)7-11-12(16)2-1-5-15-11/h1-6,16H,7H2. The van der Waals surface area contributed by atoms with Crippen molar-refractivity contribution < 1.29 is 13.9 Å². The van der Waals surface area contributed by atoms with Crippen LogP contribution >= 0.6 is 0 Å². The van der Waals surface area contributed by atoms with E-state index in [0.29, 0.717) is 11.3 Å². The Morgan fingerprint density at radius 2 is 1.94 bits per heavy atom. The van der Waals surface area contributed by atoms with Crippen molar-refractivity contribution in [3.63, 3.8) is 0 Å². The van der Waals surface area contributed by atoms with E-state index in [0.717, 1.165) is 12.1 Å². The first-order valence-corrected chi connectivity index (χ1v) is 4.73. The number of pyridine rings is 1. The average molecular weight is 221 g/mol. The molecule has 0 fully saturated rings. The molecular formula is C12H9F2NO. The first-order valence-electron chi connectivity index (χ1n) is 4.73. The maximum atomic E-state index is 12.9. The maximum Gasteiger partial charge on any atom is 0.159 e. The van der Waals surface area contributed by atoms with Gasteiger partial charge in [-0.1, -0.05) is 6.07 Å². The third kappa shape index (κ3) is 2.16. The molecule has 0 aliphatic carbocycles. The Morgan fingerprint density at radius 1 is 1.12 bits per heavy atom. The summed E-state index contributed by atoms with van der Waals surface area (Å²) in [6.07, 6.45) is 1.80. The molecule has 1 N–H and O–H groups in total. The number of nitrogens with zero attached hydrogens (tertiary/aromatic N) is 1. The van der Waals surface area contributed by atoms with E-state index in [4.69, 9.17) is 0 Å². The molecule has 0 saturated heterocycles. The lowest BCUT2D eigenvalue weighted by molar-refractivity contribution is 0.465. The van der Waals surface area contributed by atoms with Gasteiger partial charge in [0, 0.05) is 12.6 Å². The second kappa shape index (κ2) is 4.26. The average Bonchev–Trinajstić information content (AvgIpc) is 2.27. The van der Waals surface area contributed by atoms with Crippen molar-refractivity contribution >= 4 is 0 Å². The molecule has 0 spiro atoms. The fourth-order valence-corrected chi connectivity index (χ4v) is 1.41. The molecular weight excluding hydrogens is 212 g/mol. The van der Waals surface area contributed by atoms with Gasteiger partial charge in [-0.05, 0) is 29.8 Å². The van der Waals surface area contributed by atoms with Crippen molar-refractivity contribution in [2.24, 2.45) is 0 Å². The van der Waals surface area contributed by atoms with Crippen LogP contribution in [0.1, 0.15) is 11.3 Å². The predicted molar refractivity (Wildman–Crippen MR) is 55.1 cm³/mol. The highest BCUT2D eigenvalue weighted by Gasteiger charge is 2.06. The van der Waals surface area contributed by atoms with Crippen LogP contribution < -0.4 is 0 Å². The van der Waals surface area contributed by atoms with E-state index in [9.17, 15) is 13.9 Å². The lowest BCUT2D eigenvalue weighted by Crippen LogP contribution is -1.94. The Labute approximate surface area is 91.2 Å². The molecule has 1 aromatic heterocycles. The second-order valence-electron chi connectivity index (χ2n) is 3.39. The molecule has 0 atom stereocenters. The van der Waals surface area contributed by atoms with Crippen LogP contribution in [0.4, 0.5) is 8.78 Å². The van der Waals surface area contributed by atoms with Crippen molar-refractivity contribution in [3.05, 3.63) is 59.4 Å². The third-order valence-corrected chi connectivity index (χ3v) is 2.22. The van der Waals surface area contributed by atoms with E-state index in [1.165, 1.54) is 18.3 Å². The van der Waals surface area contributed by atoms with Crippen LogP contribution in [0.5, 0.6) is 5.75 Å². The van der Waals surface area contributed by atoms with Gasteiger partial charge in [0.25, 0.3) is 0 Å². The molecule has 0 saturated carbocycles. The Balaban J connectivity index is 2.28. The summed E-state index contributed by atoms with van der Waals surface area (Å²) < 4.78 is 25.6. The maximum absolute atomic E-state index is 12.9. The van der Waals surface area contributed by atoms with Gasteiger partial charge in [-0.2, -0.15) is 0 Å². The lowest BCUT2D eigenvalue weighted by Gasteiger charge is -2.03. The molecule has 2 nitrogen and oxygen atoms in total. The Kier molecular flexibility index (Phi) is 2.81. The fraction of sp³-hybridized carbons (Fsp3) is 0.0833. The van der Waals surface area contributed by atoms with Gasteiger partial charge in [0.1, 0.15) is 5.75 Å². The minimum atomic E-state index is -0.895. The zero-order chi connectivity index (χ0) is 11.5. The fourth-order valence-electron chi connectivity index (χ4n) is 1.41. The van der Waals surface area contributed by atoms with E-state index < -0.39 is 11.6 Å². The van der Waals surface area contributed by atoms with Crippen LogP contribution in [0.2, 0.25) is 0 Å². The van der Waals surface area contributed by atoms with Crippen LogP contribution in [0.15, 0.2) is 36.5 Å². The minimum absolute atomic E-state index is 0.0484. The molecule has 0 unspecified atom stereocenters. The zero-order valence-corrected chi connectivity index (χ0v) is 8.32. The summed E-state index contributed by atoms with van der Waals surface area (Å²) in [5, 5.41) is 9.47. The SMILES string of the molecule is Oc1cccnc1Cc1ccc(F)c(F)c1. The summed E-state index contributed by atoms with van der Waals surface area (Å²) in [5.41, 5.74) is 1.00. The van der Waals surface area contributed by atoms with E-state index in [2.05, 4.69) is 4.98 Å². The Morgan fingerprint density at radius 3 is 2.62 bits per heavy atom. The summed E-state index contributed by atoms with van der Waals surface area (Å²) in [5.74, 6) is -1.73. The number of aromatic nitrogens is 1. The summed E-state index contributed by atoms with van der Waals surface area (Å²) in [6.45, 7) is 0. The quantitative estimate of drug-likeness (QED) is 0.845. The van der Waals surface area contributed by atoms with Gasteiger partial charge in [0.05, 0.1) is 5.69 Å². The van der Waals surface area contributed by atoms with Crippen molar-refractivity contribution in [1.82, 2.24) is 4.98 Å². The van der Waals surface area contributed by atoms with Crippen molar-refractivity contribution in [3.8, 4) is 5.75 Å². The highest BCUT2D eigenvalue weighted by atomic mass is 19.2. The number of rotatable bonds is 2. The number of hydrogen-bond acceptors (Lipinski definition) is 2. The van der Waals surface area contributed by atoms with Gasteiger partial charge in [-0.3, -0.25) is 4.98 Å². The van der Waals surface area contributed by atoms with Gasteiger partial charge in [-0.15, -0.1) is 0 Å². The Bertz CT molecular complexity index is 514. The number of halogens is 2. The molecule has 0 bridgehead atoms. The minimum Gasteiger partial charge on any atom is -0.506 e. The van der Waals surface area contributed by atoms with Crippen LogP contribution in [0.25, 0.3) is 0 Å². The number of benzene rings is 1. The molecule has 2 aromatic rings. The summed E-state index contributed by atoms with van der Waals surface area (Å²) >= 11 is 0. The van der Waals surface area contributed by atoms with E-state index in [-0.39, 0.29) is 12.2 Å². The lowest BCUT2D eigenvalue weighted by atomic mass is 10.1. The van der Waals surface area contributed by atoms with Crippen LogP contribution in [0.3, 0.4) is 0 Å². The normalized spacial score (nSPS) is 10.4. The molecule has 1 heterocycles. The molecule has 2 rings (SSSR count). The first-order chi connectivity index (χ1) is 7.66. The van der Waals surface area contributed by atoms with Crippen LogP contribution in [-0.4, -0.2) is 10.1 Å². The van der Waals surface area contributed by atoms with Gasteiger partial charge >= 0.3 is 0 Å². The molecule has 16 heavy (non-hydrogen) atoms. The van der Waals surface area contributed by atoms with E-state index >= 15 is 0 Å². The highest BCUT2D eigenvalue weighted by Crippen LogP contribution is 2.18. The number of aromatic hydroxyl groups is 1. The second-order valence-corrected chi connectivity index (χ2v) is 3.39. The Hall–Kier alpha value is -1.97. The van der Waals surface area contributed by atoms with Crippen molar-refractivity contribution in [2.45, 2.75) is 6.42 Å². The van der Waals surface area contributed by atoms with Crippen molar-refractivity contribution in [2.75, 3.05) is 0 Å². The molecule has 0 aliphatic heterocycles. The van der Waals surface area contributed by atoms with Gasteiger partial charge in [-0.25, -0.2) is 8.78 Å². The summed E-state index contributed by atoms with van der Waals surface area (Å²) in [4.78, 5) is 3.96. The molecule has 0 radical (unpaired) electrons. The van der Waals surface area contributed by atoms with E-state index in [1.807, 2.05) is 0 Å². The van der Waals surface area contributed by atoms with Gasteiger partial charge < -0.3 is 5.11 Å². The third-order valence-electron chi connectivity index (χ3n) is 2.22. The van der Waals surface area contributed by atoms with E-state index in [1.54, 1.807) is 6.07 Å². The highest BCUT2D eigenvalue weighted by molar-refractivity contribution is 5.31. The molecule has 0 aliphatic rings. The number of hydrogen-bond donors (Lipinski definition) is 1. The van der Waals surface area contributed by atoms with Crippen LogP contribution in [-0.2, 0) is 6.42 Å². The molecule has 0 amide bonds. The molecule has 1 aromatic carbocycles. The monoisotopic (exact) mass is 221 g/mol. The zero-order valence-electron chi connectivity index (χ0n) is 8.32. The summed E-state index contributed by atoms with van der Waals surface area (Å²) in [6, 6.07) is 6.73. The van der Waals surface area contributed by atoms with Crippen molar-refractivity contribution in [1.29, 1.82) is 0 Å². The predicted octanol–water partition coefficient (Wildman–Crippen LogP) is 2.66. The smallest absolute Gasteiger partial charge is 0.159 e. The topological polar surface area (TPSA) is 33.1 Å². The van der Waals surface area contributed by atoms with Gasteiger partial charge in [0.15, 0.2) is 11.6 Å². The largest absolute Gasteiger partial charge is 0.506 e. The van der Waals surface area contributed by atoms with Crippen LogP contribution in [0, 0.1) is 11.6 Å². The first kappa shape index (κ1) is 10.5. The molecule has 4 heteroatoms. The summed E-state index contributed by atoms with van der Waals surface area (Å²) in [7, 11) is 0.